The Balaban J connectivity index is 2.10. The van der Waals surface area contributed by atoms with Crippen LogP contribution >= 0.6 is 0 Å². The summed E-state index contributed by atoms with van der Waals surface area (Å²) in [7, 11) is 1.74. The summed E-state index contributed by atoms with van der Waals surface area (Å²) < 4.78 is 0. The highest BCUT2D eigenvalue weighted by Gasteiger charge is 2.46. The van der Waals surface area contributed by atoms with Gasteiger partial charge in [0.2, 0.25) is 11.8 Å². The molecule has 112 valence electrons. The Morgan fingerprint density at radius 1 is 1.20 bits per heavy atom. The first-order valence-electron chi connectivity index (χ1n) is 7.05. The SMILES string of the molecule is CN1CCN(C(=O)C2CCC(C(=O)O)C2)C(C)(C)C1=O. The number of carbonyl (C=O) groups is 3. The molecule has 0 aromatic rings. The summed E-state index contributed by atoms with van der Waals surface area (Å²) >= 11 is 0. The molecule has 2 atom stereocenters. The van der Waals surface area contributed by atoms with E-state index < -0.39 is 17.4 Å². The minimum atomic E-state index is -0.842. The molecular weight excluding hydrogens is 260 g/mol. The fourth-order valence-corrected chi connectivity index (χ4v) is 3.25. The van der Waals surface area contributed by atoms with Crippen LogP contribution in [0.3, 0.4) is 0 Å². The van der Waals surface area contributed by atoms with Gasteiger partial charge in [-0.1, -0.05) is 0 Å². The summed E-state index contributed by atoms with van der Waals surface area (Å²) in [4.78, 5) is 39.0. The summed E-state index contributed by atoms with van der Waals surface area (Å²) in [6.45, 7) is 4.56. The Morgan fingerprint density at radius 2 is 1.80 bits per heavy atom. The van der Waals surface area contributed by atoms with Crippen LogP contribution in [0.25, 0.3) is 0 Å². The highest BCUT2D eigenvalue weighted by molar-refractivity contribution is 5.92. The zero-order valence-corrected chi connectivity index (χ0v) is 12.3. The molecular formula is C14H22N2O4. The number of aliphatic carboxylic acids is 1. The van der Waals surface area contributed by atoms with E-state index in [4.69, 9.17) is 5.11 Å². The van der Waals surface area contributed by atoms with E-state index in [-0.39, 0.29) is 17.7 Å². The van der Waals surface area contributed by atoms with Crippen molar-refractivity contribution in [2.24, 2.45) is 11.8 Å². The topological polar surface area (TPSA) is 77.9 Å². The number of carbonyl (C=O) groups excluding carboxylic acids is 2. The lowest BCUT2D eigenvalue weighted by molar-refractivity contribution is -0.159. The largest absolute Gasteiger partial charge is 0.481 e. The molecule has 2 fully saturated rings. The van der Waals surface area contributed by atoms with Gasteiger partial charge in [0, 0.05) is 26.1 Å². The first-order chi connectivity index (χ1) is 9.25. The van der Waals surface area contributed by atoms with Gasteiger partial charge in [0.05, 0.1) is 5.92 Å². The maximum absolute atomic E-state index is 12.6. The lowest BCUT2D eigenvalue weighted by Crippen LogP contribution is -2.64. The van der Waals surface area contributed by atoms with Crippen molar-refractivity contribution in [1.29, 1.82) is 0 Å². The van der Waals surface area contributed by atoms with Gasteiger partial charge in [-0.05, 0) is 33.1 Å². The number of amides is 2. The van der Waals surface area contributed by atoms with E-state index in [2.05, 4.69) is 0 Å². The van der Waals surface area contributed by atoms with Crippen LogP contribution < -0.4 is 0 Å². The summed E-state index contributed by atoms with van der Waals surface area (Å²) in [5, 5.41) is 9.02. The van der Waals surface area contributed by atoms with Gasteiger partial charge < -0.3 is 14.9 Å². The van der Waals surface area contributed by atoms with Crippen LogP contribution in [0.15, 0.2) is 0 Å². The van der Waals surface area contributed by atoms with Gasteiger partial charge in [-0.15, -0.1) is 0 Å². The number of carboxylic acids is 1. The summed E-state index contributed by atoms with van der Waals surface area (Å²) in [6.07, 6.45) is 1.55. The molecule has 1 saturated carbocycles. The van der Waals surface area contributed by atoms with Crippen LogP contribution in [0.2, 0.25) is 0 Å². The molecule has 1 saturated heterocycles. The Bertz CT molecular complexity index is 446. The van der Waals surface area contributed by atoms with E-state index in [0.29, 0.717) is 32.4 Å². The second kappa shape index (κ2) is 5.07. The van der Waals surface area contributed by atoms with Crippen LogP contribution in [0, 0.1) is 11.8 Å². The fraction of sp³-hybridized carbons (Fsp3) is 0.786. The van der Waals surface area contributed by atoms with Crippen molar-refractivity contribution >= 4 is 17.8 Å². The van der Waals surface area contributed by atoms with Crippen molar-refractivity contribution < 1.29 is 19.5 Å². The van der Waals surface area contributed by atoms with Gasteiger partial charge in [-0.2, -0.15) is 0 Å². The molecule has 1 N–H and O–H groups in total. The third kappa shape index (κ3) is 2.39. The van der Waals surface area contributed by atoms with E-state index >= 15 is 0 Å². The standard InChI is InChI=1S/C14H22N2O4/c1-14(2)13(20)15(3)6-7-16(14)11(17)9-4-5-10(8-9)12(18)19/h9-10H,4-8H2,1-3H3,(H,18,19). The number of piperazine rings is 1. The Kier molecular flexibility index (Phi) is 3.75. The molecule has 2 rings (SSSR count). The molecule has 1 aliphatic heterocycles. The van der Waals surface area contributed by atoms with Crippen LogP contribution in [-0.4, -0.2) is 58.4 Å². The van der Waals surface area contributed by atoms with Gasteiger partial charge in [0.15, 0.2) is 0 Å². The van der Waals surface area contributed by atoms with E-state index in [0.717, 1.165) is 0 Å². The van der Waals surface area contributed by atoms with Gasteiger partial charge in [-0.3, -0.25) is 14.4 Å². The maximum atomic E-state index is 12.6. The average Bonchev–Trinajstić information content (AvgIpc) is 2.85. The molecule has 2 aliphatic rings. The number of hydrogen-bond donors (Lipinski definition) is 1. The van der Waals surface area contributed by atoms with E-state index in [1.54, 1.807) is 30.7 Å². The second-order valence-corrected chi connectivity index (χ2v) is 6.32. The number of hydrogen-bond acceptors (Lipinski definition) is 3. The molecule has 2 amide bonds. The monoisotopic (exact) mass is 282 g/mol. The van der Waals surface area contributed by atoms with Crippen LogP contribution in [-0.2, 0) is 14.4 Å². The summed E-state index contributed by atoms with van der Waals surface area (Å²) in [6, 6.07) is 0. The number of rotatable bonds is 2. The van der Waals surface area contributed by atoms with Gasteiger partial charge in [0.1, 0.15) is 5.54 Å². The molecule has 6 heteroatoms. The molecule has 0 spiro atoms. The normalized spacial score (nSPS) is 29.6. The smallest absolute Gasteiger partial charge is 0.306 e. The van der Waals surface area contributed by atoms with Crippen molar-refractivity contribution in [1.82, 2.24) is 9.80 Å². The maximum Gasteiger partial charge on any atom is 0.306 e. The predicted octanol–water partition coefficient (Wildman–Crippen LogP) is 0.566. The Hall–Kier alpha value is -1.59. The molecule has 0 radical (unpaired) electrons. The number of nitrogens with zero attached hydrogens (tertiary/aromatic N) is 2. The fourth-order valence-electron chi connectivity index (χ4n) is 3.25. The molecule has 1 aliphatic carbocycles. The lowest BCUT2D eigenvalue weighted by Gasteiger charge is -2.45. The molecule has 2 unspecified atom stereocenters. The van der Waals surface area contributed by atoms with Crippen LogP contribution in [0.1, 0.15) is 33.1 Å². The predicted molar refractivity (Wildman–Crippen MR) is 71.9 cm³/mol. The highest BCUT2D eigenvalue weighted by Crippen LogP contribution is 2.34. The minimum Gasteiger partial charge on any atom is -0.481 e. The van der Waals surface area contributed by atoms with Crippen LogP contribution in [0.4, 0.5) is 0 Å². The van der Waals surface area contributed by atoms with Gasteiger partial charge in [-0.25, -0.2) is 0 Å². The van der Waals surface area contributed by atoms with Crippen molar-refractivity contribution in [3.05, 3.63) is 0 Å². The molecule has 0 aromatic carbocycles. The molecule has 6 nitrogen and oxygen atoms in total. The van der Waals surface area contributed by atoms with Crippen molar-refractivity contribution in [2.45, 2.75) is 38.6 Å². The summed E-state index contributed by atoms with van der Waals surface area (Å²) in [5.41, 5.74) is -0.842. The van der Waals surface area contributed by atoms with E-state index in [9.17, 15) is 14.4 Å². The quantitative estimate of drug-likeness (QED) is 0.803. The van der Waals surface area contributed by atoms with Crippen LogP contribution in [0.5, 0.6) is 0 Å². The van der Waals surface area contributed by atoms with Gasteiger partial charge >= 0.3 is 5.97 Å². The lowest BCUT2D eigenvalue weighted by atomic mass is 9.94. The molecule has 0 bridgehead atoms. The first kappa shape index (κ1) is 14.8. The zero-order valence-electron chi connectivity index (χ0n) is 12.3. The Morgan fingerprint density at radius 3 is 2.35 bits per heavy atom. The van der Waals surface area contributed by atoms with E-state index in [1.165, 1.54) is 0 Å². The number of likely N-dealkylation sites (N-methyl/N-ethyl adjacent to an activating group) is 1. The first-order valence-corrected chi connectivity index (χ1v) is 7.05. The van der Waals surface area contributed by atoms with Crippen molar-refractivity contribution in [3.63, 3.8) is 0 Å². The molecule has 0 aromatic heterocycles. The third-order valence-electron chi connectivity index (χ3n) is 4.60. The highest BCUT2D eigenvalue weighted by atomic mass is 16.4. The molecule has 20 heavy (non-hydrogen) atoms. The Labute approximate surface area is 118 Å². The van der Waals surface area contributed by atoms with Gasteiger partial charge in [0.25, 0.3) is 0 Å². The molecule has 1 heterocycles. The summed E-state index contributed by atoms with van der Waals surface area (Å²) in [5.74, 6) is -1.64. The minimum absolute atomic E-state index is 0.0649. The van der Waals surface area contributed by atoms with E-state index in [1.807, 2.05) is 0 Å². The third-order valence-corrected chi connectivity index (χ3v) is 4.60. The second-order valence-electron chi connectivity index (χ2n) is 6.32. The average molecular weight is 282 g/mol. The van der Waals surface area contributed by atoms with Crippen molar-refractivity contribution in [2.75, 3.05) is 20.1 Å². The van der Waals surface area contributed by atoms with Crippen molar-refractivity contribution in [3.8, 4) is 0 Å². The zero-order chi connectivity index (χ0) is 15.1. The number of carboxylic acid groups (broad SMARTS) is 1.